The van der Waals surface area contributed by atoms with E-state index in [1.165, 1.54) is 33.1 Å². The van der Waals surface area contributed by atoms with Crippen molar-refractivity contribution in [2.75, 3.05) is 12.8 Å². The van der Waals surface area contributed by atoms with Gasteiger partial charge in [-0.25, -0.2) is 4.98 Å². The topological polar surface area (TPSA) is 118 Å². The van der Waals surface area contributed by atoms with Gasteiger partial charge in [-0.1, -0.05) is 6.42 Å². The lowest BCUT2D eigenvalue weighted by Gasteiger charge is -2.08. The van der Waals surface area contributed by atoms with E-state index >= 15 is 0 Å². The highest BCUT2D eigenvalue weighted by Crippen LogP contribution is 2.38. The van der Waals surface area contributed by atoms with Crippen molar-refractivity contribution < 1.29 is 24.8 Å². The van der Waals surface area contributed by atoms with Gasteiger partial charge in [-0.15, -0.1) is 0 Å². The second kappa shape index (κ2) is 9.84. The van der Waals surface area contributed by atoms with Crippen LogP contribution in [0.1, 0.15) is 39.5 Å². The molecule has 1 aromatic carbocycles. The Labute approximate surface area is 173 Å². The molecule has 1 saturated heterocycles. The van der Waals surface area contributed by atoms with Crippen LogP contribution in [0.2, 0.25) is 0 Å². The molecule has 4 rings (SSSR count). The summed E-state index contributed by atoms with van der Waals surface area (Å²) in [7, 11) is 1.73. The van der Waals surface area contributed by atoms with Crippen LogP contribution in [0, 0.1) is 5.92 Å². The number of anilines is 1. The van der Waals surface area contributed by atoms with Gasteiger partial charge < -0.3 is 30.5 Å². The number of nitrogens with zero attached hydrogens (tertiary/aromatic N) is 1. The fourth-order valence-electron chi connectivity index (χ4n) is 3.25. The fraction of sp³-hybridized carbons (Fsp3) is 0.550. The summed E-state index contributed by atoms with van der Waals surface area (Å²) in [5.74, 6) is -0.0650. The molecule has 7 nitrogen and oxygen atoms in total. The molecule has 8 heteroatoms. The maximum absolute atomic E-state index is 9.20. The highest BCUT2D eigenvalue weighted by atomic mass is 79.9. The number of ether oxygens (including phenoxy) is 2. The van der Waals surface area contributed by atoms with Crippen molar-refractivity contribution in [1.29, 1.82) is 0 Å². The summed E-state index contributed by atoms with van der Waals surface area (Å²) in [6.07, 6.45) is 5.72. The van der Waals surface area contributed by atoms with Gasteiger partial charge in [0, 0.05) is 25.0 Å². The first kappa shape index (κ1) is 22.8. The van der Waals surface area contributed by atoms with Gasteiger partial charge in [0.05, 0.1) is 16.1 Å². The standard InChI is InChI=1S/C9H7BrN2O.C8H14O2.C3H8O2/c10-7-3-5-1-2-6(13)4-8(5)12-9(7)11;1-9-8-5-6-3-2-4-7(6)10-8;1-3(2,4)5/h1-4,13H,(H2,11,12);6-8H,2-5H2,1H3;4-5H,1-2H3. The number of aromatic nitrogens is 1. The number of phenols is 1. The molecule has 3 unspecified atom stereocenters. The summed E-state index contributed by atoms with van der Waals surface area (Å²) in [4.78, 5) is 4.11. The van der Waals surface area contributed by atoms with E-state index in [-0.39, 0.29) is 12.0 Å². The zero-order valence-corrected chi connectivity index (χ0v) is 18.0. The van der Waals surface area contributed by atoms with Gasteiger partial charge in [0.15, 0.2) is 12.1 Å². The minimum atomic E-state index is -1.50. The summed E-state index contributed by atoms with van der Waals surface area (Å²) in [6, 6.07) is 6.86. The number of hydrogen-bond acceptors (Lipinski definition) is 7. The van der Waals surface area contributed by atoms with E-state index in [9.17, 15) is 5.11 Å². The van der Waals surface area contributed by atoms with Crippen molar-refractivity contribution in [1.82, 2.24) is 4.98 Å². The predicted molar refractivity (Wildman–Crippen MR) is 112 cm³/mol. The highest BCUT2D eigenvalue weighted by Gasteiger charge is 2.38. The maximum Gasteiger partial charge on any atom is 0.157 e. The molecule has 1 aliphatic carbocycles. The summed E-state index contributed by atoms with van der Waals surface area (Å²) < 4.78 is 11.5. The van der Waals surface area contributed by atoms with Crippen LogP contribution in [-0.4, -0.2) is 45.6 Å². The van der Waals surface area contributed by atoms with Crippen LogP contribution >= 0.6 is 15.9 Å². The van der Waals surface area contributed by atoms with Crippen molar-refractivity contribution in [2.45, 2.75) is 57.7 Å². The molecule has 0 bridgehead atoms. The molecule has 2 aliphatic rings. The zero-order valence-electron chi connectivity index (χ0n) is 16.4. The van der Waals surface area contributed by atoms with Crippen molar-refractivity contribution in [3.05, 3.63) is 28.7 Å². The lowest BCUT2D eigenvalue weighted by molar-refractivity contribution is -0.127. The van der Waals surface area contributed by atoms with Crippen LogP contribution in [0.25, 0.3) is 10.9 Å². The Balaban J connectivity index is 0.000000166. The molecular formula is C20H29BrN2O5. The maximum atomic E-state index is 9.20. The van der Waals surface area contributed by atoms with E-state index in [1.807, 2.05) is 6.07 Å². The number of fused-ring (bicyclic) bond motifs is 2. The Morgan fingerprint density at radius 1 is 1.25 bits per heavy atom. The van der Waals surface area contributed by atoms with Crippen LogP contribution in [-0.2, 0) is 9.47 Å². The number of pyridine rings is 1. The Bertz CT molecular complexity index is 763. The van der Waals surface area contributed by atoms with E-state index in [0.717, 1.165) is 22.2 Å². The summed E-state index contributed by atoms with van der Waals surface area (Å²) in [5, 5.41) is 26.3. The highest BCUT2D eigenvalue weighted by molar-refractivity contribution is 9.10. The SMILES string of the molecule is CC(C)(O)O.COC1CC2CCCC2O1.Nc1nc2cc(O)ccc2cc1Br. The molecule has 28 heavy (non-hydrogen) atoms. The van der Waals surface area contributed by atoms with Crippen LogP contribution in [0.15, 0.2) is 28.7 Å². The smallest absolute Gasteiger partial charge is 0.157 e. The Morgan fingerprint density at radius 3 is 2.54 bits per heavy atom. The number of aliphatic hydroxyl groups is 2. The number of halogens is 1. The van der Waals surface area contributed by atoms with E-state index in [4.69, 9.17) is 25.4 Å². The third-order valence-corrected chi connectivity index (χ3v) is 5.09. The summed E-state index contributed by atoms with van der Waals surface area (Å²) in [5.41, 5.74) is 6.29. The van der Waals surface area contributed by atoms with Gasteiger partial charge in [-0.3, -0.25) is 0 Å². The second-order valence-electron chi connectivity index (χ2n) is 7.49. The lowest BCUT2D eigenvalue weighted by Crippen LogP contribution is -2.15. The molecule has 5 N–H and O–H groups in total. The molecular weight excluding hydrogens is 428 g/mol. The van der Waals surface area contributed by atoms with Gasteiger partial charge in [0.25, 0.3) is 0 Å². The number of benzene rings is 1. The lowest BCUT2D eigenvalue weighted by atomic mass is 10.1. The van der Waals surface area contributed by atoms with Gasteiger partial charge in [-0.05, 0) is 66.7 Å². The van der Waals surface area contributed by atoms with Crippen molar-refractivity contribution in [3.8, 4) is 5.75 Å². The monoisotopic (exact) mass is 456 g/mol. The van der Waals surface area contributed by atoms with Crippen molar-refractivity contribution in [3.63, 3.8) is 0 Å². The normalized spacial score (nSPS) is 23.4. The van der Waals surface area contributed by atoms with E-state index in [0.29, 0.717) is 17.4 Å². The largest absolute Gasteiger partial charge is 0.508 e. The average Bonchev–Trinajstić information content (AvgIpc) is 3.16. The molecule has 1 aromatic heterocycles. The van der Waals surface area contributed by atoms with E-state index in [1.54, 1.807) is 25.3 Å². The Kier molecular flexibility index (Phi) is 8.03. The minimum Gasteiger partial charge on any atom is -0.508 e. The van der Waals surface area contributed by atoms with Crippen LogP contribution in [0.3, 0.4) is 0 Å². The van der Waals surface area contributed by atoms with Gasteiger partial charge in [0.2, 0.25) is 0 Å². The minimum absolute atomic E-state index is 0.107. The molecule has 3 atom stereocenters. The molecule has 1 aliphatic heterocycles. The number of phenolic OH excluding ortho intramolecular Hbond substituents is 1. The Hall–Kier alpha value is -1.45. The number of hydrogen-bond donors (Lipinski definition) is 4. The first-order valence-corrected chi connectivity index (χ1v) is 10.0. The van der Waals surface area contributed by atoms with E-state index < -0.39 is 5.79 Å². The van der Waals surface area contributed by atoms with Crippen LogP contribution < -0.4 is 5.73 Å². The third-order valence-electron chi connectivity index (χ3n) is 4.46. The first-order chi connectivity index (χ1) is 13.1. The average molecular weight is 457 g/mol. The molecule has 2 aromatic rings. The third kappa shape index (κ3) is 7.18. The number of aromatic hydroxyl groups is 1. The molecule has 0 amide bonds. The fourth-order valence-corrected chi connectivity index (χ4v) is 3.58. The second-order valence-corrected chi connectivity index (χ2v) is 8.35. The first-order valence-electron chi connectivity index (χ1n) is 9.24. The van der Waals surface area contributed by atoms with Crippen molar-refractivity contribution >= 4 is 32.7 Å². The predicted octanol–water partition coefficient (Wildman–Crippen LogP) is 3.54. The van der Waals surface area contributed by atoms with Gasteiger partial charge in [0.1, 0.15) is 11.6 Å². The number of rotatable bonds is 1. The number of nitrogens with two attached hydrogens (primary N) is 1. The molecule has 156 valence electrons. The zero-order chi connectivity index (χ0) is 20.9. The molecule has 2 fully saturated rings. The van der Waals surface area contributed by atoms with Gasteiger partial charge in [-0.2, -0.15) is 0 Å². The molecule has 0 radical (unpaired) electrons. The van der Waals surface area contributed by atoms with Crippen LogP contribution in [0.5, 0.6) is 5.75 Å². The summed E-state index contributed by atoms with van der Waals surface area (Å²) in [6.45, 7) is 2.60. The van der Waals surface area contributed by atoms with E-state index in [2.05, 4.69) is 20.9 Å². The summed E-state index contributed by atoms with van der Waals surface area (Å²) >= 11 is 3.28. The van der Waals surface area contributed by atoms with Gasteiger partial charge >= 0.3 is 0 Å². The number of methoxy groups -OCH3 is 1. The van der Waals surface area contributed by atoms with Crippen LogP contribution in [0.4, 0.5) is 5.82 Å². The number of nitrogen functional groups attached to an aromatic ring is 1. The molecule has 0 spiro atoms. The molecule has 1 saturated carbocycles. The van der Waals surface area contributed by atoms with Crippen molar-refractivity contribution in [2.24, 2.45) is 5.92 Å². The molecule has 2 heterocycles. The Morgan fingerprint density at radius 2 is 1.93 bits per heavy atom. The quantitative estimate of drug-likeness (QED) is 0.484.